The Morgan fingerprint density at radius 1 is 1.00 bits per heavy atom. The van der Waals surface area contributed by atoms with Crippen LogP contribution >= 0.6 is 0 Å². The molecule has 0 aliphatic rings. The minimum Gasteiger partial charge on any atom is -0.409 e. The molecular weight excluding hydrogens is 136 g/mol. The first-order chi connectivity index (χ1) is 4.70. The summed E-state index contributed by atoms with van der Waals surface area (Å²) in [4.78, 5) is 0. The molecule has 56 valence electrons. The van der Waals surface area contributed by atoms with Gasteiger partial charge in [0.15, 0.2) is 11.7 Å². The van der Waals surface area contributed by atoms with Gasteiger partial charge in [-0.2, -0.15) is 0 Å². The van der Waals surface area contributed by atoms with E-state index in [0.29, 0.717) is 0 Å². The van der Waals surface area contributed by atoms with Crippen LogP contribution in [0.5, 0.6) is 0 Å². The number of amidine groups is 2. The van der Waals surface area contributed by atoms with Crippen LogP contribution in [0.4, 0.5) is 0 Å². The maximum Gasteiger partial charge on any atom is 0.162 e. The van der Waals surface area contributed by atoms with E-state index in [0.717, 1.165) is 0 Å². The summed E-state index contributed by atoms with van der Waals surface area (Å²) in [7, 11) is 0. The highest BCUT2D eigenvalue weighted by Gasteiger charge is 1.84. The van der Waals surface area contributed by atoms with Crippen LogP contribution in [-0.2, 0) is 0 Å². The van der Waals surface area contributed by atoms with Crippen LogP contribution in [0.15, 0.2) is 22.5 Å². The maximum absolute atomic E-state index is 7.99. The summed E-state index contributed by atoms with van der Waals surface area (Å²) in [6.07, 6.45) is 2.38. The molecule has 6 heteroatoms. The van der Waals surface area contributed by atoms with Gasteiger partial charge in [-0.25, -0.2) is 0 Å². The average molecular weight is 144 g/mol. The van der Waals surface area contributed by atoms with E-state index in [-0.39, 0.29) is 11.7 Å². The van der Waals surface area contributed by atoms with Gasteiger partial charge >= 0.3 is 0 Å². The summed E-state index contributed by atoms with van der Waals surface area (Å²) in [6, 6.07) is 0. The normalized spacial score (nSPS) is 14.4. The third-order valence-electron chi connectivity index (χ3n) is 0.656. The minimum absolute atomic E-state index is 0.119. The van der Waals surface area contributed by atoms with Crippen LogP contribution in [-0.4, -0.2) is 22.1 Å². The number of hydrogen-bond acceptors (Lipinski definition) is 4. The van der Waals surface area contributed by atoms with Gasteiger partial charge in [0, 0.05) is 0 Å². The average Bonchev–Trinajstić information content (AvgIpc) is 1.99. The molecule has 0 atom stereocenters. The van der Waals surface area contributed by atoms with Crippen molar-refractivity contribution in [1.29, 1.82) is 0 Å². The van der Waals surface area contributed by atoms with Crippen molar-refractivity contribution in [3.63, 3.8) is 0 Å². The molecule has 0 saturated heterocycles. The quantitative estimate of drug-likeness (QED) is 0.173. The highest BCUT2D eigenvalue weighted by atomic mass is 16.4. The predicted octanol–water partition coefficient (Wildman–Crippen LogP) is -0.965. The minimum atomic E-state index is -0.119. The highest BCUT2D eigenvalue weighted by molar-refractivity contribution is 5.99. The first-order valence-electron chi connectivity index (χ1n) is 2.34. The van der Waals surface area contributed by atoms with E-state index in [4.69, 9.17) is 21.9 Å². The number of oxime groups is 2. The molecule has 0 bridgehead atoms. The molecule has 10 heavy (non-hydrogen) atoms. The van der Waals surface area contributed by atoms with E-state index >= 15 is 0 Å². The standard InChI is InChI=1S/C4H8N4O2/c5-3(7-9)1-2-4(6)8-10/h1-2,9-10H,(H2,5,7)(H2,6,8)/b2-1+. The second-order valence-electron chi connectivity index (χ2n) is 1.38. The number of rotatable bonds is 2. The molecule has 0 aromatic rings. The van der Waals surface area contributed by atoms with E-state index in [1.807, 2.05) is 0 Å². The van der Waals surface area contributed by atoms with Crippen LogP contribution in [0.3, 0.4) is 0 Å². The zero-order valence-electron chi connectivity index (χ0n) is 5.10. The van der Waals surface area contributed by atoms with Crippen LogP contribution in [0.2, 0.25) is 0 Å². The topological polar surface area (TPSA) is 117 Å². The first kappa shape index (κ1) is 8.28. The van der Waals surface area contributed by atoms with Crippen LogP contribution < -0.4 is 11.5 Å². The molecule has 0 saturated carbocycles. The number of nitrogens with two attached hydrogens (primary N) is 2. The van der Waals surface area contributed by atoms with Gasteiger partial charge < -0.3 is 21.9 Å². The molecule has 0 heterocycles. The Morgan fingerprint density at radius 3 is 1.50 bits per heavy atom. The lowest BCUT2D eigenvalue weighted by Gasteiger charge is -1.85. The molecular formula is C4H8N4O2. The van der Waals surface area contributed by atoms with E-state index in [1.165, 1.54) is 12.2 Å². The number of hydrogen-bond donors (Lipinski definition) is 4. The fourth-order valence-electron chi connectivity index (χ4n) is 0.237. The third-order valence-corrected chi connectivity index (χ3v) is 0.656. The third kappa shape index (κ3) is 3.30. The molecule has 0 radical (unpaired) electrons. The maximum atomic E-state index is 7.99. The predicted molar refractivity (Wildman–Crippen MR) is 36.0 cm³/mol. The second-order valence-corrected chi connectivity index (χ2v) is 1.38. The lowest BCUT2D eigenvalue weighted by Crippen LogP contribution is -2.11. The largest absolute Gasteiger partial charge is 0.409 e. The fraction of sp³-hybridized carbons (Fsp3) is 0. The van der Waals surface area contributed by atoms with E-state index < -0.39 is 0 Å². The Bertz CT molecular complexity index is 164. The summed E-state index contributed by atoms with van der Waals surface area (Å²) in [5.41, 5.74) is 9.99. The van der Waals surface area contributed by atoms with E-state index in [1.54, 1.807) is 0 Å². The van der Waals surface area contributed by atoms with E-state index in [2.05, 4.69) is 10.3 Å². The van der Waals surface area contributed by atoms with Crippen molar-refractivity contribution >= 4 is 11.7 Å². The molecule has 0 unspecified atom stereocenters. The van der Waals surface area contributed by atoms with Gasteiger partial charge in [0.25, 0.3) is 0 Å². The van der Waals surface area contributed by atoms with Gasteiger partial charge in [0.1, 0.15) is 0 Å². The molecule has 0 spiro atoms. The lowest BCUT2D eigenvalue weighted by atomic mass is 10.4. The highest BCUT2D eigenvalue weighted by Crippen LogP contribution is 1.73. The summed E-state index contributed by atoms with van der Waals surface area (Å²) < 4.78 is 0. The van der Waals surface area contributed by atoms with Crippen LogP contribution in [0.1, 0.15) is 0 Å². The molecule has 6 nitrogen and oxygen atoms in total. The molecule has 0 aliphatic heterocycles. The Morgan fingerprint density at radius 2 is 1.30 bits per heavy atom. The van der Waals surface area contributed by atoms with E-state index in [9.17, 15) is 0 Å². The molecule has 0 aromatic carbocycles. The van der Waals surface area contributed by atoms with Crippen molar-refractivity contribution in [3.8, 4) is 0 Å². The Kier molecular flexibility index (Phi) is 3.47. The Balaban J connectivity index is 4.01. The van der Waals surface area contributed by atoms with Crippen molar-refractivity contribution < 1.29 is 10.4 Å². The Hall–Kier alpha value is -1.72. The van der Waals surface area contributed by atoms with Crippen molar-refractivity contribution in [2.75, 3.05) is 0 Å². The molecule has 0 aromatic heterocycles. The number of nitrogens with zero attached hydrogens (tertiary/aromatic N) is 2. The van der Waals surface area contributed by atoms with Crippen molar-refractivity contribution in [1.82, 2.24) is 0 Å². The van der Waals surface area contributed by atoms with Crippen molar-refractivity contribution in [2.24, 2.45) is 21.8 Å². The zero-order chi connectivity index (χ0) is 7.98. The van der Waals surface area contributed by atoms with Crippen molar-refractivity contribution in [3.05, 3.63) is 12.2 Å². The summed E-state index contributed by atoms with van der Waals surface area (Å²) in [6.45, 7) is 0. The molecule has 6 N–H and O–H groups in total. The summed E-state index contributed by atoms with van der Waals surface area (Å²) >= 11 is 0. The van der Waals surface area contributed by atoms with Gasteiger partial charge in [-0.3, -0.25) is 0 Å². The summed E-state index contributed by atoms with van der Waals surface area (Å²) in [5.74, 6) is -0.238. The smallest absolute Gasteiger partial charge is 0.162 e. The fourth-order valence-corrected chi connectivity index (χ4v) is 0.237. The van der Waals surface area contributed by atoms with Gasteiger partial charge in [-0.1, -0.05) is 10.3 Å². The van der Waals surface area contributed by atoms with Crippen LogP contribution in [0, 0.1) is 0 Å². The molecule has 0 rings (SSSR count). The lowest BCUT2D eigenvalue weighted by molar-refractivity contribution is 0.318. The summed E-state index contributed by atoms with van der Waals surface area (Å²) in [5, 5.41) is 21.2. The Labute approximate surface area is 57.1 Å². The van der Waals surface area contributed by atoms with Crippen LogP contribution in [0.25, 0.3) is 0 Å². The monoisotopic (exact) mass is 144 g/mol. The molecule has 0 aliphatic carbocycles. The first-order valence-corrected chi connectivity index (χ1v) is 2.34. The zero-order valence-corrected chi connectivity index (χ0v) is 5.10. The van der Waals surface area contributed by atoms with Gasteiger partial charge in [-0.05, 0) is 12.2 Å². The van der Waals surface area contributed by atoms with Crippen molar-refractivity contribution in [2.45, 2.75) is 0 Å². The van der Waals surface area contributed by atoms with Gasteiger partial charge in [0.05, 0.1) is 0 Å². The molecule has 0 amide bonds. The van der Waals surface area contributed by atoms with Gasteiger partial charge in [0.2, 0.25) is 0 Å². The molecule has 0 fully saturated rings. The second kappa shape index (κ2) is 4.19. The SMILES string of the molecule is NC(/C=C/C(N)=N\O)=N\O. The van der Waals surface area contributed by atoms with Gasteiger partial charge in [-0.15, -0.1) is 0 Å².